The molecule has 2 rings (SSSR count). The van der Waals surface area contributed by atoms with E-state index in [4.69, 9.17) is 0 Å². The molecule has 0 aliphatic carbocycles. The molecule has 0 aliphatic rings. The van der Waals surface area contributed by atoms with Crippen molar-refractivity contribution in [1.82, 2.24) is 25.0 Å². The van der Waals surface area contributed by atoms with Gasteiger partial charge in [-0.15, -0.1) is 15.3 Å². The summed E-state index contributed by atoms with van der Waals surface area (Å²) in [6.07, 6.45) is 1.40. The van der Waals surface area contributed by atoms with Gasteiger partial charge in [0, 0.05) is 0 Å². The molecule has 8 heteroatoms. The fourth-order valence-electron chi connectivity index (χ4n) is 0.919. The molecule has 0 bridgehead atoms. The Bertz CT molecular complexity index is 491. The SMILES string of the molecule is COC(=O)c1ncn(-c2nnc(C)s2)n1. The molecular formula is C7H7N5O2S. The van der Waals surface area contributed by atoms with Crippen LogP contribution in [0.25, 0.3) is 5.13 Å². The van der Waals surface area contributed by atoms with Crippen molar-refractivity contribution in [2.75, 3.05) is 7.11 Å². The Morgan fingerprint density at radius 3 is 2.93 bits per heavy atom. The Kier molecular flexibility index (Phi) is 2.42. The van der Waals surface area contributed by atoms with Gasteiger partial charge in [-0.05, 0) is 6.92 Å². The normalized spacial score (nSPS) is 10.3. The summed E-state index contributed by atoms with van der Waals surface area (Å²) < 4.78 is 5.87. The Morgan fingerprint density at radius 1 is 1.53 bits per heavy atom. The first-order valence-electron chi connectivity index (χ1n) is 4.01. The number of esters is 1. The van der Waals surface area contributed by atoms with Crippen LogP contribution in [0.4, 0.5) is 0 Å². The van der Waals surface area contributed by atoms with Gasteiger partial charge in [0.05, 0.1) is 7.11 Å². The summed E-state index contributed by atoms with van der Waals surface area (Å²) >= 11 is 1.36. The van der Waals surface area contributed by atoms with Gasteiger partial charge in [-0.2, -0.15) is 4.68 Å². The van der Waals surface area contributed by atoms with Gasteiger partial charge in [-0.1, -0.05) is 11.3 Å². The molecule has 0 radical (unpaired) electrons. The predicted octanol–water partition coefficient (Wildman–Crippen LogP) is 0.214. The molecule has 0 aliphatic heterocycles. The molecule has 7 nitrogen and oxygen atoms in total. The van der Waals surface area contributed by atoms with Gasteiger partial charge in [0.15, 0.2) is 0 Å². The van der Waals surface area contributed by atoms with E-state index >= 15 is 0 Å². The predicted molar refractivity (Wildman–Crippen MR) is 50.9 cm³/mol. The quantitative estimate of drug-likeness (QED) is 0.679. The summed E-state index contributed by atoms with van der Waals surface area (Å²) in [7, 11) is 1.28. The van der Waals surface area contributed by atoms with Gasteiger partial charge >= 0.3 is 5.97 Å². The highest BCUT2D eigenvalue weighted by Crippen LogP contribution is 2.11. The van der Waals surface area contributed by atoms with E-state index in [2.05, 4.69) is 25.0 Å². The fourth-order valence-corrected chi connectivity index (χ4v) is 1.53. The standard InChI is InChI=1S/C7H7N5O2S/c1-4-9-10-7(15-4)12-3-8-5(11-12)6(13)14-2/h3H,1-2H3. The van der Waals surface area contributed by atoms with Crippen molar-refractivity contribution in [3.8, 4) is 5.13 Å². The smallest absolute Gasteiger partial charge is 0.377 e. The number of ether oxygens (including phenoxy) is 1. The largest absolute Gasteiger partial charge is 0.463 e. The van der Waals surface area contributed by atoms with Crippen LogP contribution in [0.15, 0.2) is 6.33 Å². The lowest BCUT2D eigenvalue weighted by Gasteiger charge is -1.91. The molecule has 2 aromatic heterocycles. The molecule has 78 valence electrons. The lowest BCUT2D eigenvalue weighted by Crippen LogP contribution is -2.05. The molecule has 0 saturated heterocycles. The van der Waals surface area contributed by atoms with Gasteiger partial charge in [0.1, 0.15) is 11.3 Å². The lowest BCUT2D eigenvalue weighted by molar-refractivity contribution is 0.0587. The van der Waals surface area contributed by atoms with Crippen LogP contribution in [0.2, 0.25) is 0 Å². The molecule has 0 N–H and O–H groups in total. The van der Waals surface area contributed by atoms with Crippen molar-refractivity contribution in [3.63, 3.8) is 0 Å². The summed E-state index contributed by atoms with van der Waals surface area (Å²) in [4.78, 5) is 14.9. The fraction of sp³-hybridized carbons (Fsp3) is 0.286. The molecule has 15 heavy (non-hydrogen) atoms. The molecule has 2 heterocycles. The van der Waals surface area contributed by atoms with Gasteiger partial charge in [0.25, 0.3) is 5.82 Å². The van der Waals surface area contributed by atoms with Crippen LogP contribution in [0.5, 0.6) is 0 Å². The maximum atomic E-state index is 11.1. The van der Waals surface area contributed by atoms with Crippen molar-refractivity contribution in [2.24, 2.45) is 0 Å². The maximum absolute atomic E-state index is 11.1. The van der Waals surface area contributed by atoms with E-state index in [-0.39, 0.29) is 5.82 Å². The first kappa shape index (κ1) is 9.71. The highest BCUT2D eigenvalue weighted by Gasteiger charge is 2.13. The number of rotatable bonds is 2. The summed E-state index contributed by atoms with van der Waals surface area (Å²) in [5.41, 5.74) is 0. The second-order valence-corrected chi connectivity index (χ2v) is 3.77. The average molecular weight is 225 g/mol. The topological polar surface area (TPSA) is 82.8 Å². The maximum Gasteiger partial charge on any atom is 0.377 e. The van der Waals surface area contributed by atoms with Gasteiger partial charge in [-0.3, -0.25) is 0 Å². The average Bonchev–Trinajstić information content (AvgIpc) is 2.84. The second-order valence-electron chi connectivity index (χ2n) is 2.61. The monoisotopic (exact) mass is 225 g/mol. The van der Waals surface area contributed by atoms with Crippen LogP contribution in [-0.4, -0.2) is 38.0 Å². The van der Waals surface area contributed by atoms with Gasteiger partial charge in [-0.25, -0.2) is 9.78 Å². The number of carbonyl (C=O) groups is 1. The van der Waals surface area contributed by atoms with E-state index in [9.17, 15) is 4.79 Å². The highest BCUT2D eigenvalue weighted by atomic mass is 32.1. The third kappa shape index (κ3) is 1.84. The third-order valence-corrected chi connectivity index (χ3v) is 2.40. The van der Waals surface area contributed by atoms with Crippen LogP contribution in [0.1, 0.15) is 15.6 Å². The molecule has 0 unspecified atom stereocenters. The van der Waals surface area contributed by atoms with Gasteiger partial charge in [0.2, 0.25) is 5.13 Å². The zero-order valence-electron chi connectivity index (χ0n) is 8.04. The third-order valence-electron chi connectivity index (χ3n) is 1.57. The molecule has 0 amide bonds. The van der Waals surface area contributed by atoms with E-state index in [1.807, 2.05) is 6.92 Å². The molecule has 2 aromatic rings. The lowest BCUT2D eigenvalue weighted by atomic mass is 10.6. The van der Waals surface area contributed by atoms with E-state index in [1.165, 1.54) is 29.5 Å². The minimum absolute atomic E-state index is 0.00496. The summed E-state index contributed by atoms with van der Waals surface area (Å²) in [5.74, 6) is -0.569. The zero-order chi connectivity index (χ0) is 10.8. The van der Waals surface area contributed by atoms with Crippen molar-refractivity contribution >= 4 is 17.3 Å². The van der Waals surface area contributed by atoms with Crippen LogP contribution >= 0.6 is 11.3 Å². The Hall–Kier alpha value is -1.83. The van der Waals surface area contributed by atoms with E-state index in [1.54, 1.807) is 0 Å². The number of carbonyl (C=O) groups excluding carboxylic acids is 1. The Labute approximate surface area is 88.7 Å². The number of aryl methyl sites for hydroxylation is 1. The number of hydrogen-bond donors (Lipinski definition) is 0. The summed E-state index contributed by atoms with van der Waals surface area (Å²) in [5, 5.41) is 13.0. The molecule has 0 saturated carbocycles. The van der Waals surface area contributed by atoms with E-state index in [0.717, 1.165) is 5.01 Å². The minimum Gasteiger partial charge on any atom is -0.463 e. The van der Waals surface area contributed by atoms with Crippen molar-refractivity contribution in [3.05, 3.63) is 17.2 Å². The van der Waals surface area contributed by atoms with Crippen LogP contribution < -0.4 is 0 Å². The second kappa shape index (κ2) is 3.73. The zero-order valence-corrected chi connectivity index (χ0v) is 8.85. The Balaban J connectivity index is 2.31. The molecule has 0 atom stereocenters. The van der Waals surface area contributed by atoms with E-state index in [0.29, 0.717) is 5.13 Å². The van der Waals surface area contributed by atoms with E-state index < -0.39 is 5.97 Å². The number of hydrogen-bond acceptors (Lipinski definition) is 7. The van der Waals surface area contributed by atoms with Crippen molar-refractivity contribution in [1.29, 1.82) is 0 Å². The minimum atomic E-state index is -0.574. The first-order valence-corrected chi connectivity index (χ1v) is 4.83. The first-order chi connectivity index (χ1) is 7.20. The number of nitrogens with zero attached hydrogens (tertiary/aromatic N) is 5. The highest BCUT2D eigenvalue weighted by molar-refractivity contribution is 7.13. The van der Waals surface area contributed by atoms with Crippen molar-refractivity contribution in [2.45, 2.75) is 6.92 Å². The molecule has 0 fully saturated rings. The summed E-state index contributed by atoms with van der Waals surface area (Å²) in [6.45, 7) is 1.83. The molecule has 0 spiro atoms. The van der Waals surface area contributed by atoms with Crippen molar-refractivity contribution < 1.29 is 9.53 Å². The van der Waals surface area contributed by atoms with Crippen LogP contribution in [-0.2, 0) is 4.74 Å². The summed E-state index contributed by atoms with van der Waals surface area (Å²) in [6, 6.07) is 0. The number of aromatic nitrogens is 5. The Morgan fingerprint density at radius 2 is 2.33 bits per heavy atom. The molecule has 0 aromatic carbocycles. The number of methoxy groups -OCH3 is 1. The van der Waals surface area contributed by atoms with Gasteiger partial charge < -0.3 is 4.74 Å². The molecular weight excluding hydrogens is 218 g/mol. The van der Waals surface area contributed by atoms with Crippen LogP contribution in [0.3, 0.4) is 0 Å². The van der Waals surface area contributed by atoms with Crippen LogP contribution in [0, 0.1) is 6.92 Å².